The fourth-order valence-electron chi connectivity index (χ4n) is 3.49. The van der Waals surface area contributed by atoms with Crippen LogP contribution < -0.4 is 10.1 Å². The molecule has 1 aliphatic rings. The molecule has 1 aromatic carbocycles. The Morgan fingerprint density at radius 1 is 1.12 bits per heavy atom. The van der Waals surface area contributed by atoms with E-state index in [4.69, 9.17) is 14.2 Å². The van der Waals surface area contributed by atoms with Crippen molar-refractivity contribution in [3.63, 3.8) is 0 Å². The number of benzene rings is 1. The fourth-order valence-corrected chi connectivity index (χ4v) is 3.49. The summed E-state index contributed by atoms with van der Waals surface area (Å²) in [5, 5.41) is 3.33. The third-order valence-corrected chi connectivity index (χ3v) is 5.11. The number of hydrogen-bond acceptors (Lipinski definition) is 8. The average molecular weight is 448 g/mol. The van der Waals surface area contributed by atoms with Gasteiger partial charge in [-0.05, 0) is 42.9 Å². The summed E-state index contributed by atoms with van der Waals surface area (Å²) in [6, 6.07) is 9.94. The third-order valence-electron chi connectivity index (χ3n) is 5.11. The summed E-state index contributed by atoms with van der Waals surface area (Å²) < 4.78 is 16.9. The van der Waals surface area contributed by atoms with Crippen molar-refractivity contribution in [3.05, 3.63) is 72.2 Å². The Labute approximate surface area is 194 Å². The smallest absolute Gasteiger partial charge is 0.227 e. The Morgan fingerprint density at radius 2 is 2.06 bits per heavy atom. The van der Waals surface area contributed by atoms with E-state index in [1.54, 1.807) is 19.5 Å². The Morgan fingerprint density at radius 3 is 2.97 bits per heavy atom. The molecule has 1 N–H and O–H groups in total. The number of anilines is 2. The van der Waals surface area contributed by atoms with E-state index in [1.807, 2.05) is 36.5 Å². The molecule has 0 saturated heterocycles. The van der Waals surface area contributed by atoms with E-state index >= 15 is 0 Å². The van der Waals surface area contributed by atoms with Crippen LogP contribution in [0.2, 0.25) is 0 Å². The second-order valence-corrected chi connectivity index (χ2v) is 7.82. The first-order valence-corrected chi connectivity index (χ1v) is 10.9. The van der Waals surface area contributed by atoms with Crippen molar-refractivity contribution in [2.75, 3.05) is 45.8 Å². The van der Waals surface area contributed by atoms with Gasteiger partial charge in [-0.2, -0.15) is 0 Å². The lowest BCUT2D eigenvalue weighted by Gasteiger charge is -2.19. The predicted octanol–water partition coefficient (Wildman–Crippen LogP) is 3.83. The van der Waals surface area contributed by atoms with Crippen molar-refractivity contribution in [1.29, 1.82) is 0 Å². The summed E-state index contributed by atoms with van der Waals surface area (Å²) >= 11 is 0. The maximum atomic E-state index is 5.95. The molecular weight excluding hydrogens is 418 g/mol. The highest BCUT2D eigenvalue weighted by atomic mass is 16.5. The monoisotopic (exact) mass is 447 g/mol. The summed E-state index contributed by atoms with van der Waals surface area (Å²) in [6.07, 6.45) is 9.52. The molecule has 0 aliphatic carbocycles. The van der Waals surface area contributed by atoms with Crippen LogP contribution >= 0.6 is 0 Å². The van der Waals surface area contributed by atoms with Gasteiger partial charge in [-0.1, -0.05) is 12.2 Å². The lowest BCUT2D eigenvalue weighted by Crippen LogP contribution is -2.19. The van der Waals surface area contributed by atoms with Crippen LogP contribution in [0.5, 0.6) is 5.75 Å². The normalized spacial score (nSPS) is 14.7. The zero-order valence-corrected chi connectivity index (χ0v) is 19.0. The molecule has 8 nitrogen and oxygen atoms in total. The minimum Gasteiger partial charge on any atom is -0.491 e. The third kappa shape index (κ3) is 6.58. The van der Waals surface area contributed by atoms with Crippen molar-refractivity contribution in [1.82, 2.24) is 19.9 Å². The van der Waals surface area contributed by atoms with Gasteiger partial charge < -0.3 is 19.5 Å². The van der Waals surface area contributed by atoms with Gasteiger partial charge in [0, 0.05) is 55.6 Å². The van der Waals surface area contributed by atoms with Gasteiger partial charge in [-0.25, -0.2) is 9.97 Å². The van der Waals surface area contributed by atoms with E-state index in [-0.39, 0.29) is 0 Å². The van der Waals surface area contributed by atoms with E-state index in [0.29, 0.717) is 32.4 Å². The van der Waals surface area contributed by atoms with Crippen LogP contribution in [0.25, 0.3) is 11.3 Å². The Bertz CT molecular complexity index is 1090. The SMILES string of the molecule is COCCOc1ccc2cc1CN(C)CC=CCOCc1cncc(c1)-c1ccnc(n1)N2. The maximum Gasteiger partial charge on any atom is 0.227 e. The molecule has 8 heteroatoms. The molecule has 0 amide bonds. The number of nitrogens with one attached hydrogen (secondary N) is 1. The van der Waals surface area contributed by atoms with Crippen LogP contribution in [0, 0.1) is 0 Å². The molecule has 1 aliphatic heterocycles. The van der Waals surface area contributed by atoms with Crippen LogP contribution in [0.3, 0.4) is 0 Å². The van der Waals surface area contributed by atoms with Gasteiger partial charge in [-0.15, -0.1) is 0 Å². The zero-order valence-electron chi connectivity index (χ0n) is 19.0. The molecule has 4 rings (SSSR count). The summed E-state index contributed by atoms with van der Waals surface area (Å²) in [5.41, 5.74) is 4.68. The standard InChI is InChI=1S/C25H29N5O3/c1-30-9-3-4-10-32-18-19-13-20(16-26-15-19)23-7-8-27-25(29-23)28-22-5-6-24(21(14-22)17-30)33-12-11-31-2/h3-8,13-16H,9-12,17-18H2,1-2H3,(H,27,28,29). The summed E-state index contributed by atoms with van der Waals surface area (Å²) in [5.74, 6) is 1.36. The maximum absolute atomic E-state index is 5.95. The predicted molar refractivity (Wildman–Crippen MR) is 127 cm³/mol. The molecule has 172 valence electrons. The molecule has 33 heavy (non-hydrogen) atoms. The van der Waals surface area contributed by atoms with Crippen LogP contribution in [0.15, 0.2) is 61.1 Å². The quantitative estimate of drug-likeness (QED) is 0.477. The zero-order chi connectivity index (χ0) is 22.9. The van der Waals surface area contributed by atoms with Gasteiger partial charge in [0.1, 0.15) is 12.4 Å². The molecule has 3 heterocycles. The number of aromatic nitrogens is 3. The average Bonchev–Trinajstić information content (AvgIpc) is 2.82. The van der Waals surface area contributed by atoms with Gasteiger partial charge in [0.15, 0.2) is 0 Å². The first kappa shape index (κ1) is 22.8. The van der Waals surface area contributed by atoms with Crippen LogP contribution in [0.4, 0.5) is 11.6 Å². The molecule has 0 unspecified atom stereocenters. The molecule has 0 fully saturated rings. The largest absolute Gasteiger partial charge is 0.491 e. The van der Waals surface area contributed by atoms with Crippen LogP contribution in [-0.2, 0) is 22.6 Å². The number of rotatable bonds is 4. The van der Waals surface area contributed by atoms with Crippen molar-refractivity contribution in [2.45, 2.75) is 13.2 Å². The lowest BCUT2D eigenvalue weighted by atomic mass is 10.1. The number of pyridine rings is 1. The molecule has 0 saturated carbocycles. The first-order chi connectivity index (χ1) is 16.2. The van der Waals surface area contributed by atoms with Gasteiger partial charge in [0.05, 0.1) is 25.5 Å². The highest BCUT2D eigenvalue weighted by Gasteiger charge is 2.11. The highest BCUT2D eigenvalue weighted by Crippen LogP contribution is 2.26. The van der Waals surface area contributed by atoms with Crippen molar-refractivity contribution in [2.24, 2.45) is 0 Å². The van der Waals surface area contributed by atoms with Gasteiger partial charge in [0.2, 0.25) is 5.95 Å². The van der Waals surface area contributed by atoms with Crippen molar-refractivity contribution >= 4 is 11.6 Å². The molecule has 0 atom stereocenters. The summed E-state index contributed by atoms with van der Waals surface area (Å²) in [6.45, 7) is 3.58. The van der Waals surface area contributed by atoms with E-state index in [9.17, 15) is 0 Å². The number of likely N-dealkylation sites (N-methyl/N-ethyl adjacent to an activating group) is 1. The molecule has 0 spiro atoms. The summed E-state index contributed by atoms with van der Waals surface area (Å²) in [4.78, 5) is 15.7. The molecule has 6 bridgehead atoms. The Hall–Kier alpha value is -3.33. The van der Waals surface area contributed by atoms with Crippen LogP contribution in [-0.4, -0.2) is 60.4 Å². The van der Waals surface area contributed by atoms with Gasteiger partial charge >= 0.3 is 0 Å². The number of hydrogen-bond donors (Lipinski definition) is 1. The summed E-state index contributed by atoms with van der Waals surface area (Å²) in [7, 11) is 3.74. The molecule has 2 aromatic heterocycles. The van der Waals surface area contributed by atoms with E-state index in [2.05, 4.69) is 44.4 Å². The molecule has 0 radical (unpaired) electrons. The second-order valence-electron chi connectivity index (χ2n) is 7.82. The Balaban J connectivity index is 1.65. The van der Waals surface area contributed by atoms with E-state index in [0.717, 1.165) is 46.9 Å². The molecular formula is C25H29N5O3. The van der Waals surface area contributed by atoms with Gasteiger partial charge in [0.25, 0.3) is 0 Å². The minimum atomic E-state index is 0.490. The van der Waals surface area contributed by atoms with E-state index in [1.165, 1.54) is 0 Å². The highest BCUT2D eigenvalue weighted by molar-refractivity contribution is 5.62. The number of nitrogens with zero attached hydrogens (tertiary/aromatic N) is 4. The van der Waals surface area contributed by atoms with E-state index < -0.39 is 0 Å². The van der Waals surface area contributed by atoms with Gasteiger partial charge in [-0.3, -0.25) is 9.88 Å². The number of methoxy groups -OCH3 is 1. The molecule has 3 aromatic rings. The second kappa shape index (κ2) is 11.5. The first-order valence-electron chi connectivity index (χ1n) is 10.9. The Kier molecular flexibility index (Phi) is 7.97. The topological polar surface area (TPSA) is 81.6 Å². The lowest BCUT2D eigenvalue weighted by molar-refractivity contribution is 0.145. The minimum absolute atomic E-state index is 0.490. The van der Waals surface area contributed by atoms with Crippen LogP contribution in [0.1, 0.15) is 11.1 Å². The van der Waals surface area contributed by atoms with Crippen molar-refractivity contribution in [3.8, 4) is 17.0 Å². The number of fused-ring (bicyclic) bond motifs is 7. The van der Waals surface area contributed by atoms with Crippen molar-refractivity contribution < 1.29 is 14.2 Å². The number of ether oxygens (including phenoxy) is 3. The fraction of sp³-hybridized carbons (Fsp3) is 0.320.